The lowest BCUT2D eigenvalue weighted by Crippen LogP contribution is -2.50. The maximum absolute atomic E-state index is 14.7. The van der Waals surface area contributed by atoms with Crippen molar-refractivity contribution in [1.29, 1.82) is 0 Å². The summed E-state index contributed by atoms with van der Waals surface area (Å²) in [5, 5.41) is 2.94. The van der Waals surface area contributed by atoms with Gasteiger partial charge in [-0.1, -0.05) is 41.9 Å². The normalized spacial score (nSPS) is 12.9. The fourth-order valence-electron chi connectivity index (χ4n) is 4.00. The van der Waals surface area contributed by atoms with Gasteiger partial charge in [0, 0.05) is 12.6 Å². The van der Waals surface area contributed by atoms with Crippen molar-refractivity contribution in [2.75, 3.05) is 7.11 Å². The lowest BCUT2D eigenvalue weighted by molar-refractivity contribution is -0.137. The average Bonchev–Trinajstić information content (AvgIpc) is 2.89. The van der Waals surface area contributed by atoms with E-state index >= 15 is 0 Å². The van der Waals surface area contributed by atoms with E-state index in [1.165, 1.54) is 37.6 Å². The van der Waals surface area contributed by atoms with Crippen LogP contribution < -0.4 is 14.8 Å². The van der Waals surface area contributed by atoms with Crippen LogP contribution in [-0.4, -0.2) is 18.2 Å². The largest absolute Gasteiger partial charge is 0.497 e. The van der Waals surface area contributed by atoms with Crippen molar-refractivity contribution in [2.45, 2.75) is 18.1 Å². The maximum atomic E-state index is 14.7. The highest BCUT2D eigenvalue weighted by Gasteiger charge is 2.41. The van der Waals surface area contributed by atoms with Gasteiger partial charge in [0.2, 0.25) is 0 Å². The molecule has 3 aromatic carbocycles. The number of nitrogens with zero attached hydrogens (tertiary/aromatic N) is 1. The van der Waals surface area contributed by atoms with Crippen molar-refractivity contribution in [1.82, 2.24) is 10.3 Å². The van der Waals surface area contributed by atoms with Gasteiger partial charge < -0.3 is 14.8 Å². The van der Waals surface area contributed by atoms with Crippen LogP contribution in [0.2, 0.25) is 5.02 Å². The molecule has 0 spiro atoms. The van der Waals surface area contributed by atoms with Gasteiger partial charge in [0.25, 0.3) is 0 Å². The number of carbonyl (C=O) groups is 1. The lowest BCUT2D eigenvalue weighted by Gasteiger charge is -2.35. The van der Waals surface area contributed by atoms with Crippen LogP contribution in [0, 0.1) is 5.82 Å². The van der Waals surface area contributed by atoms with Crippen LogP contribution in [0.3, 0.4) is 0 Å². The van der Waals surface area contributed by atoms with Crippen LogP contribution in [-0.2, 0) is 18.1 Å². The molecule has 0 radical (unpaired) electrons. The molecule has 4 aromatic rings. The van der Waals surface area contributed by atoms with Crippen LogP contribution >= 0.6 is 11.6 Å². The molecule has 0 aliphatic rings. The van der Waals surface area contributed by atoms with E-state index in [9.17, 15) is 22.4 Å². The third-order valence-corrected chi connectivity index (χ3v) is 6.00. The van der Waals surface area contributed by atoms with Crippen LogP contribution in [0.5, 0.6) is 11.5 Å². The minimum Gasteiger partial charge on any atom is -0.497 e. The fourth-order valence-corrected chi connectivity index (χ4v) is 4.11. The van der Waals surface area contributed by atoms with Gasteiger partial charge >= 0.3 is 12.3 Å². The van der Waals surface area contributed by atoms with Crippen molar-refractivity contribution in [2.24, 2.45) is 0 Å². The predicted molar refractivity (Wildman–Crippen MR) is 134 cm³/mol. The van der Waals surface area contributed by atoms with E-state index in [0.29, 0.717) is 17.4 Å². The number of methoxy groups -OCH3 is 1. The van der Waals surface area contributed by atoms with Gasteiger partial charge in [-0.05, 0) is 65.7 Å². The third-order valence-electron chi connectivity index (χ3n) is 5.78. The number of benzene rings is 3. The molecule has 1 atom stereocenters. The quantitative estimate of drug-likeness (QED) is 0.250. The number of halogens is 5. The van der Waals surface area contributed by atoms with Crippen molar-refractivity contribution < 1.29 is 31.8 Å². The first-order valence-electron chi connectivity index (χ1n) is 11.3. The number of nitrogens with one attached hydrogen (secondary N) is 1. The summed E-state index contributed by atoms with van der Waals surface area (Å²) in [4.78, 5) is 17.5. The lowest BCUT2D eigenvalue weighted by atomic mass is 9.80. The first-order valence-corrected chi connectivity index (χ1v) is 11.6. The molecule has 0 fully saturated rings. The Morgan fingerprint density at radius 1 is 0.921 bits per heavy atom. The molecule has 0 bridgehead atoms. The molecule has 1 heterocycles. The van der Waals surface area contributed by atoms with E-state index in [1.54, 1.807) is 42.5 Å². The predicted octanol–water partition coefficient (Wildman–Crippen LogP) is 7.18. The number of hydrogen-bond donors (Lipinski definition) is 1. The molecule has 1 aromatic heterocycles. The highest BCUT2D eigenvalue weighted by atomic mass is 35.5. The summed E-state index contributed by atoms with van der Waals surface area (Å²) in [5.74, 6) is -0.455. The molecule has 5 nitrogen and oxygen atoms in total. The summed E-state index contributed by atoms with van der Waals surface area (Å²) in [6.45, 7) is 0. The number of alkyl halides is 3. The SMILES string of the molecule is COc1ccc(OC(=O)N[C@](Cc2ccccc2)(c2cc(F)cc(C(F)(F)F)c2)c2ccc(Cl)cn2)cc1. The van der Waals surface area contributed by atoms with Gasteiger partial charge in [0.1, 0.15) is 22.9 Å². The standard InChI is InChI=1S/C28H21ClF4N2O3/c1-37-23-8-10-24(11-9-23)38-26(36)35-27(16-18-5-3-2-4-6-18,25-12-7-21(29)17-34-25)19-13-20(28(31,32)33)15-22(30)14-19/h2-15,17H,16H2,1H3,(H,35,36)/t27-/m1/s1. The third kappa shape index (κ3) is 6.23. The second-order valence-electron chi connectivity index (χ2n) is 8.35. The van der Waals surface area contributed by atoms with Crippen LogP contribution in [0.25, 0.3) is 0 Å². The zero-order chi connectivity index (χ0) is 27.3. The first kappa shape index (κ1) is 26.9. The zero-order valence-electron chi connectivity index (χ0n) is 19.9. The molecular formula is C28H21ClF4N2O3. The van der Waals surface area contributed by atoms with Crippen LogP contribution in [0.1, 0.15) is 22.4 Å². The van der Waals surface area contributed by atoms with Crippen LogP contribution in [0.15, 0.2) is 91.1 Å². The van der Waals surface area contributed by atoms with E-state index < -0.39 is 29.2 Å². The molecule has 0 unspecified atom stereocenters. The van der Waals surface area contributed by atoms with Crippen molar-refractivity contribution in [3.8, 4) is 11.5 Å². The Kier molecular flexibility index (Phi) is 7.87. The van der Waals surface area contributed by atoms with E-state index in [-0.39, 0.29) is 28.5 Å². The molecule has 0 aliphatic heterocycles. The van der Waals surface area contributed by atoms with Gasteiger partial charge in [-0.2, -0.15) is 13.2 Å². The maximum Gasteiger partial charge on any atom is 0.416 e. The molecule has 196 valence electrons. The Bertz CT molecular complexity index is 1400. The Labute approximate surface area is 221 Å². The Balaban J connectivity index is 1.87. The summed E-state index contributed by atoms with van der Waals surface area (Å²) in [7, 11) is 1.48. The molecule has 1 amide bonds. The molecule has 0 saturated carbocycles. The number of ether oxygens (including phenoxy) is 2. The minimum absolute atomic E-state index is 0.0824. The molecule has 0 aliphatic carbocycles. The summed E-state index contributed by atoms with van der Waals surface area (Å²) < 4.78 is 66.3. The summed E-state index contributed by atoms with van der Waals surface area (Å²) in [5.41, 5.74) is -2.43. The molecular weight excluding hydrogens is 524 g/mol. The molecule has 4 rings (SSSR count). The molecule has 10 heteroatoms. The smallest absolute Gasteiger partial charge is 0.416 e. The monoisotopic (exact) mass is 544 g/mol. The number of rotatable bonds is 7. The van der Waals surface area contributed by atoms with E-state index in [0.717, 1.165) is 12.1 Å². The van der Waals surface area contributed by atoms with E-state index in [2.05, 4.69) is 10.3 Å². The summed E-state index contributed by atoms with van der Waals surface area (Å²) in [6.07, 6.45) is -4.63. The van der Waals surface area contributed by atoms with Crippen LogP contribution in [0.4, 0.5) is 22.4 Å². The fraction of sp³-hybridized carbons (Fsp3) is 0.143. The average molecular weight is 545 g/mol. The Morgan fingerprint density at radius 2 is 1.58 bits per heavy atom. The van der Waals surface area contributed by atoms with E-state index in [1.807, 2.05) is 0 Å². The highest BCUT2D eigenvalue weighted by molar-refractivity contribution is 6.30. The zero-order valence-corrected chi connectivity index (χ0v) is 20.7. The van der Waals surface area contributed by atoms with Gasteiger partial charge in [-0.15, -0.1) is 0 Å². The number of aromatic nitrogens is 1. The van der Waals surface area contributed by atoms with E-state index in [4.69, 9.17) is 21.1 Å². The Morgan fingerprint density at radius 3 is 2.18 bits per heavy atom. The first-order chi connectivity index (χ1) is 18.1. The van der Waals surface area contributed by atoms with Crippen molar-refractivity contribution in [3.05, 3.63) is 124 Å². The van der Waals surface area contributed by atoms with Crippen molar-refractivity contribution >= 4 is 17.7 Å². The highest BCUT2D eigenvalue weighted by Crippen LogP contribution is 2.38. The molecule has 38 heavy (non-hydrogen) atoms. The molecule has 1 N–H and O–H groups in total. The second-order valence-corrected chi connectivity index (χ2v) is 8.78. The number of pyridine rings is 1. The summed E-state index contributed by atoms with van der Waals surface area (Å²) in [6, 6.07) is 19.9. The van der Waals surface area contributed by atoms with Gasteiger partial charge in [-0.25, -0.2) is 9.18 Å². The summed E-state index contributed by atoms with van der Waals surface area (Å²) >= 11 is 6.02. The topological polar surface area (TPSA) is 60.5 Å². The van der Waals surface area contributed by atoms with Gasteiger partial charge in [0.05, 0.1) is 23.4 Å². The molecule has 0 saturated heterocycles. The minimum atomic E-state index is -4.84. The van der Waals surface area contributed by atoms with Gasteiger partial charge in [-0.3, -0.25) is 4.98 Å². The second kappa shape index (κ2) is 11.1. The number of carbonyl (C=O) groups excluding carboxylic acids is 1. The number of amides is 1. The van der Waals surface area contributed by atoms with Crippen molar-refractivity contribution in [3.63, 3.8) is 0 Å². The number of hydrogen-bond acceptors (Lipinski definition) is 4. The van der Waals surface area contributed by atoms with Gasteiger partial charge in [0.15, 0.2) is 0 Å². The Hall–Kier alpha value is -4.11.